The van der Waals surface area contributed by atoms with E-state index in [9.17, 15) is 9.59 Å². The quantitative estimate of drug-likeness (QED) is 0.785. The number of carbonyl (C=O) groups is 2. The lowest BCUT2D eigenvalue weighted by Gasteiger charge is -2.12. The maximum Gasteiger partial charge on any atom is 0.337 e. The number of carbonyl (C=O) groups excluding carboxylic acids is 2. The van der Waals surface area contributed by atoms with Crippen LogP contribution in [0.1, 0.15) is 32.6 Å². The van der Waals surface area contributed by atoms with Gasteiger partial charge in [-0.15, -0.1) is 11.8 Å². The van der Waals surface area contributed by atoms with Crippen LogP contribution >= 0.6 is 11.8 Å². The summed E-state index contributed by atoms with van der Waals surface area (Å²) < 4.78 is 4.72. The van der Waals surface area contributed by atoms with Crippen molar-refractivity contribution in [3.63, 3.8) is 0 Å². The lowest BCUT2D eigenvalue weighted by Crippen LogP contribution is -2.16. The van der Waals surface area contributed by atoms with Gasteiger partial charge in [0, 0.05) is 11.4 Å². The monoisotopic (exact) mass is 357 g/mol. The summed E-state index contributed by atoms with van der Waals surface area (Å²) in [6.45, 7) is 6.05. The number of esters is 1. The molecular weight excluding hydrogens is 334 g/mol. The Balaban J connectivity index is 1.90. The van der Waals surface area contributed by atoms with Gasteiger partial charge in [0.15, 0.2) is 0 Å². The lowest BCUT2D eigenvalue weighted by molar-refractivity contribution is -0.113. The van der Waals surface area contributed by atoms with Gasteiger partial charge in [-0.1, -0.05) is 29.8 Å². The molecule has 1 amide bonds. The minimum Gasteiger partial charge on any atom is -0.465 e. The number of benzene rings is 2. The van der Waals surface area contributed by atoms with Gasteiger partial charge in [-0.2, -0.15) is 0 Å². The highest BCUT2D eigenvalue weighted by atomic mass is 32.2. The average molecular weight is 357 g/mol. The van der Waals surface area contributed by atoms with Crippen LogP contribution in [0.25, 0.3) is 0 Å². The SMILES string of the molecule is COC(=O)c1cccc(CSCC(=O)Nc2c(C)cc(C)cc2C)c1. The number of rotatable bonds is 6. The van der Waals surface area contributed by atoms with Gasteiger partial charge in [-0.05, 0) is 49.6 Å². The topological polar surface area (TPSA) is 55.4 Å². The molecule has 132 valence electrons. The first kappa shape index (κ1) is 19.1. The Morgan fingerprint density at radius 2 is 1.76 bits per heavy atom. The molecule has 4 nitrogen and oxygen atoms in total. The summed E-state index contributed by atoms with van der Waals surface area (Å²) in [5, 5.41) is 3.00. The van der Waals surface area contributed by atoms with Crippen LogP contribution in [0.3, 0.4) is 0 Å². The fourth-order valence-corrected chi connectivity index (χ4v) is 3.50. The van der Waals surface area contributed by atoms with Crippen molar-refractivity contribution in [1.29, 1.82) is 0 Å². The molecule has 0 aromatic heterocycles. The maximum absolute atomic E-state index is 12.2. The number of ether oxygens (including phenoxy) is 1. The standard InChI is InChI=1S/C20H23NO3S/c1-13-8-14(2)19(15(3)9-13)21-18(22)12-25-11-16-6-5-7-17(10-16)20(23)24-4/h5-10H,11-12H2,1-4H3,(H,21,22). The van der Waals surface area contributed by atoms with E-state index in [0.29, 0.717) is 17.1 Å². The van der Waals surface area contributed by atoms with E-state index in [-0.39, 0.29) is 11.9 Å². The molecule has 5 heteroatoms. The molecule has 2 aromatic carbocycles. The number of hydrogen-bond acceptors (Lipinski definition) is 4. The first-order valence-corrected chi connectivity index (χ1v) is 9.19. The molecule has 0 aliphatic heterocycles. The van der Waals surface area contributed by atoms with Crippen LogP contribution in [0.4, 0.5) is 5.69 Å². The Bertz CT molecular complexity index is 763. The molecule has 2 rings (SSSR count). The van der Waals surface area contributed by atoms with E-state index in [2.05, 4.69) is 17.4 Å². The summed E-state index contributed by atoms with van der Waals surface area (Å²) in [5.74, 6) is 0.637. The molecule has 0 saturated heterocycles. The summed E-state index contributed by atoms with van der Waals surface area (Å²) in [4.78, 5) is 23.8. The summed E-state index contributed by atoms with van der Waals surface area (Å²) in [7, 11) is 1.36. The van der Waals surface area contributed by atoms with Gasteiger partial charge in [0.1, 0.15) is 0 Å². The Hall–Kier alpha value is -2.27. The number of aryl methyl sites for hydroxylation is 3. The second-order valence-electron chi connectivity index (χ2n) is 6.01. The first-order chi connectivity index (χ1) is 11.9. The van der Waals surface area contributed by atoms with Crippen LogP contribution in [0.2, 0.25) is 0 Å². The number of amides is 1. The number of thioether (sulfide) groups is 1. The molecule has 0 aliphatic rings. The van der Waals surface area contributed by atoms with Gasteiger partial charge >= 0.3 is 5.97 Å². The van der Waals surface area contributed by atoms with E-state index in [1.807, 2.05) is 32.9 Å². The van der Waals surface area contributed by atoms with Crippen molar-refractivity contribution in [2.75, 3.05) is 18.2 Å². The van der Waals surface area contributed by atoms with Gasteiger partial charge in [0.2, 0.25) is 5.91 Å². The highest BCUT2D eigenvalue weighted by Gasteiger charge is 2.09. The van der Waals surface area contributed by atoms with Crippen molar-refractivity contribution >= 4 is 29.3 Å². The van der Waals surface area contributed by atoms with Gasteiger partial charge in [0.05, 0.1) is 18.4 Å². The molecule has 0 heterocycles. The summed E-state index contributed by atoms with van der Waals surface area (Å²) in [6, 6.07) is 11.4. The molecule has 0 saturated carbocycles. The van der Waals surface area contributed by atoms with Crippen molar-refractivity contribution in [3.8, 4) is 0 Å². The summed E-state index contributed by atoms with van der Waals surface area (Å²) in [6.07, 6.45) is 0. The van der Waals surface area contributed by atoms with Crippen molar-refractivity contribution in [2.45, 2.75) is 26.5 Å². The van der Waals surface area contributed by atoms with E-state index in [1.165, 1.54) is 24.4 Å². The minimum atomic E-state index is -0.352. The average Bonchev–Trinajstić information content (AvgIpc) is 2.57. The molecule has 0 bridgehead atoms. The van der Waals surface area contributed by atoms with E-state index < -0.39 is 0 Å². The highest BCUT2D eigenvalue weighted by Crippen LogP contribution is 2.22. The van der Waals surface area contributed by atoms with Gasteiger partial charge in [-0.3, -0.25) is 4.79 Å². The van der Waals surface area contributed by atoms with Crippen molar-refractivity contribution in [3.05, 3.63) is 64.2 Å². The van der Waals surface area contributed by atoms with E-state index in [1.54, 1.807) is 12.1 Å². The molecule has 2 aromatic rings. The Labute approximate surface area is 153 Å². The fraction of sp³-hybridized carbons (Fsp3) is 0.300. The van der Waals surface area contributed by atoms with Gasteiger partial charge in [-0.25, -0.2) is 4.79 Å². The molecule has 0 fully saturated rings. The predicted octanol–water partition coefficient (Wildman–Crippen LogP) is 4.27. The Morgan fingerprint density at radius 1 is 1.08 bits per heavy atom. The zero-order chi connectivity index (χ0) is 18.4. The molecule has 0 spiro atoms. The zero-order valence-electron chi connectivity index (χ0n) is 15.0. The second kappa shape index (κ2) is 8.72. The Morgan fingerprint density at radius 3 is 2.40 bits per heavy atom. The largest absolute Gasteiger partial charge is 0.465 e. The van der Waals surface area contributed by atoms with Gasteiger partial charge in [0.25, 0.3) is 0 Å². The first-order valence-electron chi connectivity index (χ1n) is 8.03. The third-order valence-electron chi connectivity index (χ3n) is 3.79. The number of hydrogen-bond donors (Lipinski definition) is 1. The smallest absolute Gasteiger partial charge is 0.337 e. The third-order valence-corrected chi connectivity index (χ3v) is 4.80. The van der Waals surface area contributed by atoms with Crippen molar-refractivity contribution < 1.29 is 14.3 Å². The highest BCUT2D eigenvalue weighted by molar-refractivity contribution is 7.99. The fourth-order valence-electron chi connectivity index (χ4n) is 2.72. The number of methoxy groups -OCH3 is 1. The van der Waals surface area contributed by atoms with Crippen LogP contribution in [-0.2, 0) is 15.3 Å². The molecule has 0 radical (unpaired) electrons. The number of anilines is 1. The molecule has 0 atom stereocenters. The third kappa shape index (κ3) is 5.36. The number of nitrogens with one attached hydrogen (secondary N) is 1. The van der Waals surface area contributed by atoms with E-state index in [0.717, 1.165) is 22.4 Å². The molecular formula is C20H23NO3S. The van der Waals surface area contributed by atoms with Crippen LogP contribution in [0, 0.1) is 20.8 Å². The molecule has 0 unspecified atom stereocenters. The lowest BCUT2D eigenvalue weighted by atomic mass is 10.1. The van der Waals surface area contributed by atoms with E-state index in [4.69, 9.17) is 4.74 Å². The molecule has 0 aliphatic carbocycles. The van der Waals surface area contributed by atoms with Gasteiger partial charge < -0.3 is 10.1 Å². The van der Waals surface area contributed by atoms with Crippen LogP contribution in [0.5, 0.6) is 0 Å². The van der Waals surface area contributed by atoms with Crippen LogP contribution in [0.15, 0.2) is 36.4 Å². The zero-order valence-corrected chi connectivity index (χ0v) is 15.8. The summed E-state index contributed by atoms with van der Waals surface area (Å²) >= 11 is 1.51. The normalized spacial score (nSPS) is 10.4. The van der Waals surface area contributed by atoms with Crippen molar-refractivity contribution in [2.24, 2.45) is 0 Å². The maximum atomic E-state index is 12.2. The van der Waals surface area contributed by atoms with E-state index >= 15 is 0 Å². The predicted molar refractivity (Wildman–Crippen MR) is 103 cm³/mol. The summed E-state index contributed by atoms with van der Waals surface area (Å²) in [5.41, 5.74) is 5.74. The second-order valence-corrected chi connectivity index (χ2v) is 6.99. The van der Waals surface area contributed by atoms with Crippen molar-refractivity contribution in [1.82, 2.24) is 0 Å². The Kier molecular flexibility index (Phi) is 6.65. The molecule has 1 N–H and O–H groups in total. The van der Waals surface area contributed by atoms with Crippen LogP contribution < -0.4 is 5.32 Å². The minimum absolute atomic E-state index is 0.0239. The molecule has 25 heavy (non-hydrogen) atoms. The van der Waals surface area contributed by atoms with Crippen LogP contribution in [-0.4, -0.2) is 24.7 Å².